The van der Waals surface area contributed by atoms with Crippen LogP contribution >= 0.6 is 0 Å². The molecule has 3 N–H and O–H groups in total. The van der Waals surface area contributed by atoms with Crippen molar-refractivity contribution in [1.82, 2.24) is 4.98 Å². The van der Waals surface area contributed by atoms with Crippen LogP contribution in [0.2, 0.25) is 0 Å². The Kier molecular flexibility index (Phi) is 3.06. The van der Waals surface area contributed by atoms with Crippen LogP contribution in [0.15, 0.2) is 53.4 Å². The fraction of sp³-hybridized carbons (Fsp3) is 0.133. The number of furan rings is 1. The Bertz CT molecular complexity index is 677. The summed E-state index contributed by atoms with van der Waals surface area (Å²) in [6.45, 7) is 0.807. The number of nitrogen functional groups attached to an aromatic ring is 1. The SMILES string of the molecule is Nc1ccc(NCCc2ccco2)c2cnccc12. The molecule has 0 fully saturated rings. The van der Waals surface area contributed by atoms with Crippen molar-refractivity contribution >= 4 is 22.1 Å². The van der Waals surface area contributed by atoms with E-state index in [2.05, 4.69) is 10.3 Å². The summed E-state index contributed by atoms with van der Waals surface area (Å²) in [5.41, 5.74) is 7.78. The molecular weight excluding hydrogens is 238 g/mol. The van der Waals surface area contributed by atoms with E-state index in [1.54, 1.807) is 12.5 Å². The molecule has 0 amide bonds. The number of pyridine rings is 1. The number of nitrogens with one attached hydrogen (secondary N) is 1. The van der Waals surface area contributed by atoms with Crippen molar-refractivity contribution in [3.05, 3.63) is 54.7 Å². The van der Waals surface area contributed by atoms with Crippen molar-refractivity contribution in [2.24, 2.45) is 0 Å². The Morgan fingerprint density at radius 3 is 2.95 bits per heavy atom. The van der Waals surface area contributed by atoms with E-state index >= 15 is 0 Å². The summed E-state index contributed by atoms with van der Waals surface area (Å²) >= 11 is 0. The molecule has 0 atom stereocenters. The maximum Gasteiger partial charge on any atom is 0.105 e. The van der Waals surface area contributed by atoms with Crippen molar-refractivity contribution < 1.29 is 4.42 Å². The standard InChI is InChI=1S/C15H15N3O/c16-14-3-4-15(13-10-17-7-6-12(13)14)18-8-5-11-2-1-9-19-11/h1-4,6-7,9-10,18H,5,8,16H2. The second kappa shape index (κ2) is 5.02. The summed E-state index contributed by atoms with van der Waals surface area (Å²) in [6.07, 6.45) is 6.13. The molecule has 19 heavy (non-hydrogen) atoms. The zero-order valence-electron chi connectivity index (χ0n) is 10.5. The van der Waals surface area contributed by atoms with Crippen molar-refractivity contribution in [3.63, 3.8) is 0 Å². The number of rotatable bonds is 4. The third-order valence-electron chi connectivity index (χ3n) is 3.12. The largest absolute Gasteiger partial charge is 0.469 e. The lowest BCUT2D eigenvalue weighted by atomic mass is 10.1. The quantitative estimate of drug-likeness (QED) is 0.701. The van der Waals surface area contributed by atoms with Crippen LogP contribution < -0.4 is 11.1 Å². The predicted molar refractivity (Wildman–Crippen MR) is 77.1 cm³/mol. The summed E-state index contributed by atoms with van der Waals surface area (Å²) in [4.78, 5) is 4.16. The molecule has 96 valence electrons. The van der Waals surface area contributed by atoms with E-state index in [1.807, 2.05) is 36.5 Å². The van der Waals surface area contributed by atoms with Gasteiger partial charge in [-0.3, -0.25) is 4.98 Å². The second-order valence-corrected chi connectivity index (χ2v) is 4.38. The van der Waals surface area contributed by atoms with Gasteiger partial charge in [0.2, 0.25) is 0 Å². The molecule has 3 aromatic rings. The summed E-state index contributed by atoms with van der Waals surface area (Å²) < 4.78 is 5.31. The minimum Gasteiger partial charge on any atom is -0.469 e. The maximum absolute atomic E-state index is 5.96. The highest BCUT2D eigenvalue weighted by Crippen LogP contribution is 2.27. The van der Waals surface area contributed by atoms with Crippen LogP contribution in [0.3, 0.4) is 0 Å². The molecule has 0 spiro atoms. The molecule has 0 saturated heterocycles. The zero-order valence-corrected chi connectivity index (χ0v) is 10.5. The molecule has 0 radical (unpaired) electrons. The van der Waals surface area contributed by atoms with Gasteiger partial charge < -0.3 is 15.5 Å². The van der Waals surface area contributed by atoms with E-state index in [0.717, 1.165) is 40.9 Å². The first kappa shape index (κ1) is 11.6. The molecule has 2 aromatic heterocycles. The van der Waals surface area contributed by atoms with Crippen molar-refractivity contribution in [3.8, 4) is 0 Å². The molecule has 4 nitrogen and oxygen atoms in total. The fourth-order valence-electron chi connectivity index (χ4n) is 2.14. The van der Waals surface area contributed by atoms with Crippen LogP contribution in [0.1, 0.15) is 5.76 Å². The first-order chi connectivity index (χ1) is 9.34. The van der Waals surface area contributed by atoms with Gasteiger partial charge in [-0.15, -0.1) is 0 Å². The average Bonchev–Trinajstić information content (AvgIpc) is 2.95. The first-order valence-electron chi connectivity index (χ1n) is 6.23. The van der Waals surface area contributed by atoms with Gasteiger partial charge in [0.1, 0.15) is 5.76 Å². The number of aromatic nitrogens is 1. The number of anilines is 2. The van der Waals surface area contributed by atoms with E-state index in [0.29, 0.717) is 0 Å². The van der Waals surface area contributed by atoms with Gasteiger partial charge in [-0.25, -0.2) is 0 Å². The molecule has 3 rings (SSSR count). The minimum absolute atomic E-state index is 0.772. The van der Waals surface area contributed by atoms with Crippen molar-refractivity contribution in [2.75, 3.05) is 17.6 Å². The van der Waals surface area contributed by atoms with Gasteiger partial charge in [-0.1, -0.05) is 0 Å². The van der Waals surface area contributed by atoms with Gasteiger partial charge in [0.15, 0.2) is 0 Å². The van der Waals surface area contributed by atoms with Crippen molar-refractivity contribution in [1.29, 1.82) is 0 Å². The van der Waals surface area contributed by atoms with Gasteiger partial charge in [0.05, 0.1) is 6.26 Å². The fourth-order valence-corrected chi connectivity index (χ4v) is 2.14. The van der Waals surface area contributed by atoms with Gasteiger partial charge in [0.25, 0.3) is 0 Å². The Balaban J connectivity index is 1.79. The minimum atomic E-state index is 0.772. The number of hydrogen-bond acceptors (Lipinski definition) is 4. The zero-order chi connectivity index (χ0) is 13.1. The van der Waals surface area contributed by atoms with Gasteiger partial charge in [-0.05, 0) is 30.3 Å². The van der Waals surface area contributed by atoms with E-state index in [-0.39, 0.29) is 0 Å². The van der Waals surface area contributed by atoms with E-state index in [1.165, 1.54) is 0 Å². The smallest absolute Gasteiger partial charge is 0.105 e. The van der Waals surface area contributed by atoms with E-state index in [9.17, 15) is 0 Å². The molecule has 0 unspecified atom stereocenters. The predicted octanol–water partition coefficient (Wildman–Crippen LogP) is 3.06. The van der Waals surface area contributed by atoms with Crippen molar-refractivity contribution in [2.45, 2.75) is 6.42 Å². The normalized spacial score (nSPS) is 10.7. The lowest BCUT2D eigenvalue weighted by Crippen LogP contribution is -2.05. The summed E-state index contributed by atoms with van der Waals surface area (Å²) in [5, 5.41) is 5.47. The number of nitrogens with two attached hydrogens (primary N) is 1. The monoisotopic (exact) mass is 253 g/mol. The molecule has 0 aliphatic carbocycles. The van der Waals surface area contributed by atoms with Gasteiger partial charge >= 0.3 is 0 Å². The van der Waals surface area contributed by atoms with Gasteiger partial charge in [0, 0.05) is 47.5 Å². The average molecular weight is 253 g/mol. The van der Waals surface area contributed by atoms with Crippen LogP contribution in [-0.4, -0.2) is 11.5 Å². The van der Waals surface area contributed by atoms with Crippen LogP contribution in [0.5, 0.6) is 0 Å². The lowest BCUT2D eigenvalue weighted by molar-refractivity contribution is 0.513. The summed E-state index contributed by atoms with van der Waals surface area (Å²) in [7, 11) is 0. The van der Waals surface area contributed by atoms with Crippen LogP contribution in [0.4, 0.5) is 11.4 Å². The molecule has 0 bridgehead atoms. The molecule has 0 saturated carbocycles. The molecule has 4 heteroatoms. The van der Waals surface area contributed by atoms with Crippen LogP contribution in [0.25, 0.3) is 10.8 Å². The molecule has 2 heterocycles. The highest BCUT2D eigenvalue weighted by atomic mass is 16.3. The molecule has 1 aromatic carbocycles. The Morgan fingerprint density at radius 1 is 1.16 bits per heavy atom. The van der Waals surface area contributed by atoms with Crippen LogP contribution in [-0.2, 0) is 6.42 Å². The summed E-state index contributed by atoms with van der Waals surface area (Å²) in [5.74, 6) is 0.977. The van der Waals surface area contributed by atoms with E-state index in [4.69, 9.17) is 10.2 Å². The molecule has 0 aliphatic heterocycles. The molecular formula is C15H15N3O. The van der Waals surface area contributed by atoms with E-state index < -0.39 is 0 Å². The molecule has 0 aliphatic rings. The third kappa shape index (κ3) is 2.38. The summed E-state index contributed by atoms with van der Waals surface area (Å²) in [6, 6.07) is 9.71. The Morgan fingerprint density at radius 2 is 2.11 bits per heavy atom. The highest BCUT2D eigenvalue weighted by molar-refractivity contribution is 6.00. The number of fused-ring (bicyclic) bond motifs is 1. The lowest BCUT2D eigenvalue weighted by Gasteiger charge is -2.10. The Hall–Kier alpha value is -2.49. The number of nitrogens with zero attached hydrogens (tertiary/aromatic N) is 1. The number of hydrogen-bond donors (Lipinski definition) is 2. The first-order valence-corrected chi connectivity index (χ1v) is 6.23. The Labute approximate surface area is 111 Å². The topological polar surface area (TPSA) is 64.1 Å². The van der Waals surface area contributed by atoms with Gasteiger partial charge in [-0.2, -0.15) is 0 Å². The van der Waals surface area contributed by atoms with Crippen LogP contribution in [0, 0.1) is 0 Å². The third-order valence-corrected chi connectivity index (χ3v) is 3.12. The number of benzene rings is 1. The highest BCUT2D eigenvalue weighted by Gasteiger charge is 2.04. The maximum atomic E-state index is 5.96. The second-order valence-electron chi connectivity index (χ2n) is 4.38.